The first-order valence-corrected chi connectivity index (χ1v) is 7.88. The first-order chi connectivity index (χ1) is 10.4. The summed E-state index contributed by atoms with van der Waals surface area (Å²) in [6, 6.07) is 5.88. The van der Waals surface area contributed by atoms with Gasteiger partial charge in [0.1, 0.15) is 5.01 Å². The molecule has 0 fully saturated rings. The molecule has 0 aliphatic heterocycles. The molecule has 5 nitrogen and oxygen atoms in total. The van der Waals surface area contributed by atoms with Gasteiger partial charge in [-0.25, -0.2) is 4.98 Å². The van der Waals surface area contributed by atoms with E-state index >= 15 is 0 Å². The third-order valence-corrected chi connectivity index (χ3v) is 4.51. The smallest absolute Gasteiger partial charge is 0.234 e. The van der Waals surface area contributed by atoms with Crippen molar-refractivity contribution in [2.75, 3.05) is 5.32 Å². The van der Waals surface area contributed by atoms with E-state index in [1.54, 1.807) is 6.92 Å². The van der Waals surface area contributed by atoms with Crippen LogP contribution in [0.4, 0.5) is 5.69 Å². The summed E-state index contributed by atoms with van der Waals surface area (Å²) in [7, 11) is 0. The number of aryl methyl sites for hydroxylation is 2. The predicted molar refractivity (Wildman–Crippen MR) is 84.0 cm³/mol. The lowest BCUT2D eigenvalue weighted by Crippen LogP contribution is -2.23. The van der Waals surface area contributed by atoms with Gasteiger partial charge in [-0.3, -0.25) is 4.79 Å². The van der Waals surface area contributed by atoms with Crippen molar-refractivity contribution in [2.24, 2.45) is 0 Å². The molecule has 1 amide bonds. The fourth-order valence-corrected chi connectivity index (χ4v) is 2.97. The minimum Gasteiger partial charge on any atom is -0.543 e. The highest BCUT2D eigenvalue weighted by Crippen LogP contribution is 2.25. The van der Waals surface area contributed by atoms with Crippen molar-refractivity contribution < 1.29 is 14.7 Å². The number of hydrogen-bond acceptors (Lipinski definition) is 5. The monoisotopic (exact) mass is 317 g/mol. The molecule has 1 aromatic carbocycles. The van der Waals surface area contributed by atoms with Crippen LogP contribution in [-0.4, -0.2) is 16.9 Å². The number of anilines is 1. The number of para-hydroxylation sites is 1. The van der Waals surface area contributed by atoms with Crippen molar-refractivity contribution >= 4 is 28.9 Å². The standard InChI is InChI=1S/C16H18N2O3S/c1-4-11-7-5-6-9(2)13(11)18-14(19)10(3)15-17-12(8-22-15)16(20)21/h5-8,10H,4H2,1-3H3,(H,18,19)(H,20,21)/p-1/t10-/m1/s1. The highest BCUT2D eigenvalue weighted by atomic mass is 32.1. The Morgan fingerprint density at radius 2 is 2.14 bits per heavy atom. The van der Waals surface area contributed by atoms with E-state index in [1.165, 1.54) is 5.38 Å². The second kappa shape index (κ2) is 6.70. The molecule has 0 saturated heterocycles. The van der Waals surface area contributed by atoms with E-state index in [9.17, 15) is 14.7 Å². The molecule has 116 valence electrons. The van der Waals surface area contributed by atoms with Crippen LogP contribution in [0, 0.1) is 6.92 Å². The lowest BCUT2D eigenvalue weighted by molar-refractivity contribution is -0.255. The zero-order valence-electron chi connectivity index (χ0n) is 12.7. The minimum atomic E-state index is -1.33. The molecular weight excluding hydrogens is 300 g/mol. The number of benzene rings is 1. The first kappa shape index (κ1) is 16.2. The molecule has 0 bridgehead atoms. The largest absolute Gasteiger partial charge is 0.543 e. The summed E-state index contributed by atoms with van der Waals surface area (Å²) in [6.45, 7) is 5.68. The number of carboxylic acids is 1. The Balaban J connectivity index is 2.19. The van der Waals surface area contributed by atoms with Crippen LogP contribution in [0.2, 0.25) is 0 Å². The molecular formula is C16H17N2O3S-. The van der Waals surface area contributed by atoms with Gasteiger partial charge >= 0.3 is 0 Å². The van der Waals surface area contributed by atoms with Crippen LogP contribution < -0.4 is 10.4 Å². The second-order valence-electron chi connectivity index (χ2n) is 5.03. The van der Waals surface area contributed by atoms with Gasteiger partial charge in [0, 0.05) is 11.1 Å². The average molecular weight is 317 g/mol. The molecule has 0 radical (unpaired) electrons. The van der Waals surface area contributed by atoms with Crippen LogP contribution in [-0.2, 0) is 11.2 Å². The fourth-order valence-electron chi connectivity index (χ4n) is 2.13. The van der Waals surface area contributed by atoms with E-state index in [-0.39, 0.29) is 11.6 Å². The highest BCUT2D eigenvalue weighted by molar-refractivity contribution is 7.10. The van der Waals surface area contributed by atoms with E-state index in [1.807, 2.05) is 32.0 Å². The number of amides is 1. The Morgan fingerprint density at radius 1 is 1.41 bits per heavy atom. The first-order valence-electron chi connectivity index (χ1n) is 7.00. The van der Waals surface area contributed by atoms with E-state index in [2.05, 4.69) is 10.3 Å². The molecule has 0 aliphatic carbocycles. The molecule has 1 heterocycles. The topological polar surface area (TPSA) is 82.1 Å². The van der Waals surface area contributed by atoms with Crippen molar-refractivity contribution in [3.63, 3.8) is 0 Å². The number of rotatable bonds is 5. The van der Waals surface area contributed by atoms with Crippen LogP contribution in [0.3, 0.4) is 0 Å². The Morgan fingerprint density at radius 3 is 2.73 bits per heavy atom. The lowest BCUT2D eigenvalue weighted by Gasteiger charge is -2.15. The van der Waals surface area contributed by atoms with Gasteiger partial charge in [0.25, 0.3) is 0 Å². The van der Waals surface area contributed by atoms with Gasteiger partial charge in [-0.2, -0.15) is 0 Å². The van der Waals surface area contributed by atoms with Crippen LogP contribution in [0.1, 0.15) is 46.4 Å². The Kier molecular flexibility index (Phi) is 4.92. The molecule has 0 unspecified atom stereocenters. The Labute approximate surface area is 133 Å². The number of thiazole rings is 1. The summed E-state index contributed by atoms with van der Waals surface area (Å²) in [4.78, 5) is 27.1. The van der Waals surface area contributed by atoms with Crippen molar-refractivity contribution in [2.45, 2.75) is 33.1 Å². The van der Waals surface area contributed by atoms with E-state index in [0.29, 0.717) is 5.01 Å². The summed E-state index contributed by atoms with van der Waals surface area (Å²) in [6.07, 6.45) is 0.817. The van der Waals surface area contributed by atoms with Crippen molar-refractivity contribution in [1.29, 1.82) is 0 Å². The number of carboxylic acid groups (broad SMARTS) is 1. The number of nitrogens with zero attached hydrogens (tertiary/aromatic N) is 1. The third-order valence-electron chi connectivity index (χ3n) is 3.48. The maximum absolute atomic E-state index is 12.4. The molecule has 1 aromatic heterocycles. The summed E-state index contributed by atoms with van der Waals surface area (Å²) in [5, 5.41) is 15.5. The van der Waals surface area contributed by atoms with Gasteiger partial charge in [-0.15, -0.1) is 11.3 Å². The molecule has 1 N–H and O–H groups in total. The summed E-state index contributed by atoms with van der Waals surface area (Å²) < 4.78 is 0. The molecule has 0 aliphatic rings. The van der Waals surface area contributed by atoms with Gasteiger partial charge in [0.15, 0.2) is 0 Å². The quantitative estimate of drug-likeness (QED) is 0.915. The maximum atomic E-state index is 12.4. The summed E-state index contributed by atoms with van der Waals surface area (Å²) in [5.41, 5.74) is 2.74. The molecule has 22 heavy (non-hydrogen) atoms. The molecule has 1 atom stereocenters. The summed E-state index contributed by atoms with van der Waals surface area (Å²) >= 11 is 1.15. The predicted octanol–water partition coefficient (Wildman–Crippen LogP) is 2.12. The molecule has 0 spiro atoms. The van der Waals surface area contributed by atoms with Crippen LogP contribution in [0.15, 0.2) is 23.6 Å². The maximum Gasteiger partial charge on any atom is 0.234 e. The van der Waals surface area contributed by atoms with Crippen LogP contribution in [0.5, 0.6) is 0 Å². The SMILES string of the molecule is CCc1cccc(C)c1NC(=O)[C@@H](C)c1nc(C(=O)[O-])cs1. The lowest BCUT2D eigenvalue weighted by atomic mass is 10.0. The van der Waals surface area contributed by atoms with Crippen molar-refractivity contribution in [3.05, 3.63) is 45.4 Å². The van der Waals surface area contributed by atoms with Gasteiger partial charge in [-0.05, 0) is 31.4 Å². The second-order valence-corrected chi connectivity index (χ2v) is 5.92. The molecule has 6 heteroatoms. The highest BCUT2D eigenvalue weighted by Gasteiger charge is 2.20. The van der Waals surface area contributed by atoms with Gasteiger partial charge in [-0.1, -0.05) is 25.1 Å². The zero-order chi connectivity index (χ0) is 16.3. The number of nitrogens with one attached hydrogen (secondary N) is 1. The summed E-state index contributed by atoms with van der Waals surface area (Å²) in [5.74, 6) is -2.06. The number of carbonyl (C=O) groups is 2. The van der Waals surface area contributed by atoms with Crippen molar-refractivity contribution in [1.82, 2.24) is 4.98 Å². The Bertz CT molecular complexity index is 709. The van der Waals surface area contributed by atoms with E-state index in [0.717, 1.165) is 34.6 Å². The number of aromatic carboxylic acids is 1. The normalized spacial score (nSPS) is 12.0. The Hall–Kier alpha value is -2.21. The number of aromatic nitrogens is 1. The zero-order valence-corrected chi connectivity index (χ0v) is 13.5. The van der Waals surface area contributed by atoms with E-state index < -0.39 is 11.9 Å². The third kappa shape index (κ3) is 3.33. The van der Waals surface area contributed by atoms with Gasteiger partial charge in [0.05, 0.1) is 17.6 Å². The molecule has 0 saturated carbocycles. The minimum absolute atomic E-state index is 0.134. The van der Waals surface area contributed by atoms with Gasteiger partial charge < -0.3 is 15.2 Å². The number of hydrogen-bond donors (Lipinski definition) is 1. The average Bonchev–Trinajstić information content (AvgIpc) is 2.98. The van der Waals surface area contributed by atoms with E-state index in [4.69, 9.17) is 0 Å². The van der Waals surface area contributed by atoms with Crippen LogP contribution >= 0.6 is 11.3 Å². The fraction of sp³-hybridized carbons (Fsp3) is 0.312. The molecule has 2 aromatic rings. The molecule has 2 rings (SSSR count). The van der Waals surface area contributed by atoms with Crippen molar-refractivity contribution in [3.8, 4) is 0 Å². The van der Waals surface area contributed by atoms with Gasteiger partial charge in [0.2, 0.25) is 5.91 Å². The number of carbonyl (C=O) groups excluding carboxylic acids is 2. The van der Waals surface area contributed by atoms with Crippen LogP contribution in [0.25, 0.3) is 0 Å².